The first-order chi connectivity index (χ1) is 4.68. The Balaban J connectivity index is 2.24. The smallest absolute Gasteiger partial charge is 0.404 e. The van der Waals surface area contributed by atoms with Crippen molar-refractivity contribution in [1.82, 2.24) is 0 Å². The van der Waals surface area contributed by atoms with Crippen molar-refractivity contribution >= 4 is 6.09 Å². The molecular formula is C6H11NO3. The molecular weight excluding hydrogens is 134 g/mol. The molecule has 4 heteroatoms. The molecule has 4 nitrogen and oxygen atoms in total. The van der Waals surface area contributed by atoms with Crippen LogP contribution in [0.2, 0.25) is 0 Å². The zero-order valence-electron chi connectivity index (χ0n) is 5.62. The van der Waals surface area contributed by atoms with Crippen molar-refractivity contribution in [3.8, 4) is 0 Å². The molecule has 1 fully saturated rings. The first-order valence-corrected chi connectivity index (χ1v) is 3.32. The number of carbonyl (C=O) groups excluding carboxylic acids is 1. The quantitative estimate of drug-likeness (QED) is 0.545. The molecule has 0 aromatic heterocycles. The van der Waals surface area contributed by atoms with Gasteiger partial charge in [0.25, 0.3) is 0 Å². The van der Waals surface area contributed by atoms with Crippen molar-refractivity contribution < 1.29 is 14.6 Å². The Labute approximate surface area is 59.0 Å². The number of ether oxygens (including phenoxy) is 1. The van der Waals surface area contributed by atoms with E-state index in [4.69, 9.17) is 10.8 Å². The summed E-state index contributed by atoms with van der Waals surface area (Å²) < 4.78 is 4.66. The molecule has 0 unspecified atom stereocenters. The van der Waals surface area contributed by atoms with E-state index in [-0.39, 0.29) is 12.2 Å². The minimum Gasteiger partial charge on any atom is -0.446 e. The fraction of sp³-hybridized carbons (Fsp3) is 0.833. The van der Waals surface area contributed by atoms with Crippen LogP contribution in [0.3, 0.4) is 0 Å². The maximum atomic E-state index is 10.2. The Kier molecular flexibility index (Phi) is 2.11. The molecule has 0 heterocycles. The summed E-state index contributed by atoms with van der Waals surface area (Å²) >= 11 is 0. The largest absolute Gasteiger partial charge is 0.446 e. The number of carbonyl (C=O) groups is 1. The highest BCUT2D eigenvalue weighted by Crippen LogP contribution is 2.21. The van der Waals surface area contributed by atoms with Crippen LogP contribution >= 0.6 is 0 Å². The highest BCUT2D eigenvalue weighted by atomic mass is 16.6. The molecule has 0 bridgehead atoms. The summed E-state index contributed by atoms with van der Waals surface area (Å²) in [4.78, 5) is 10.2. The van der Waals surface area contributed by atoms with Crippen molar-refractivity contribution in [3.05, 3.63) is 0 Å². The summed E-state index contributed by atoms with van der Waals surface area (Å²) in [5, 5.41) is 8.98. The summed E-state index contributed by atoms with van der Waals surface area (Å²) in [6.07, 6.45) is 0.737. The highest BCUT2D eigenvalue weighted by molar-refractivity contribution is 5.64. The van der Waals surface area contributed by atoms with Crippen molar-refractivity contribution in [2.45, 2.75) is 31.5 Å². The molecule has 1 aliphatic carbocycles. The van der Waals surface area contributed by atoms with E-state index in [0.717, 1.165) is 6.42 Å². The zero-order chi connectivity index (χ0) is 7.56. The van der Waals surface area contributed by atoms with Crippen LogP contribution in [0.5, 0.6) is 0 Å². The van der Waals surface area contributed by atoms with Gasteiger partial charge in [-0.3, -0.25) is 0 Å². The normalized spacial score (nSPS) is 32.1. The predicted molar refractivity (Wildman–Crippen MR) is 34.3 cm³/mol. The molecule has 1 aliphatic rings. The van der Waals surface area contributed by atoms with Gasteiger partial charge in [0.1, 0.15) is 6.10 Å². The molecule has 0 aromatic carbocycles. The lowest BCUT2D eigenvalue weighted by molar-refractivity contribution is 0.0965. The lowest BCUT2D eigenvalue weighted by Gasteiger charge is -2.07. The number of rotatable bonds is 1. The fourth-order valence-electron chi connectivity index (χ4n) is 1.19. The monoisotopic (exact) mass is 145 g/mol. The van der Waals surface area contributed by atoms with Gasteiger partial charge in [-0.1, -0.05) is 0 Å². The molecule has 1 amide bonds. The third kappa shape index (κ3) is 1.88. The van der Waals surface area contributed by atoms with E-state index >= 15 is 0 Å². The van der Waals surface area contributed by atoms with Gasteiger partial charge in [0.2, 0.25) is 0 Å². The predicted octanol–water partition coefficient (Wildman–Crippen LogP) is -0.00490. The Morgan fingerprint density at radius 2 is 2.30 bits per heavy atom. The van der Waals surface area contributed by atoms with Crippen molar-refractivity contribution in [2.75, 3.05) is 0 Å². The van der Waals surface area contributed by atoms with E-state index in [1.807, 2.05) is 0 Å². The number of nitrogens with two attached hydrogens (primary N) is 1. The standard InChI is InChI=1S/C6H11NO3/c7-6(9)10-5-2-1-4(8)3-5/h4-5,8H,1-3H2,(H2,7,9)/t4-,5+/m1/s1. The van der Waals surface area contributed by atoms with E-state index in [9.17, 15) is 4.79 Å². The Morgan fingerprint density at radius 3 is 2.70 bits per heavy atom. The van der Waals surface area contributed by atoms with Crippen LogP contribution in [0, 0.1) is 0 Å². The molecule has 0 radical (unpaired) electrons. The van der Waals surface area contributed by atoms with Gasteiger partial charge in [0.05, 0.1) is 6.10 Å². The summed E-state index contributed by atoms with van der Waals surface area (Å²) in [5.41, 5.74) is 4.77. The number of hydrogen-bond donors (Lipinski definition) is 2. The molecule has 2 atom stereocenters. The van der Waals surface area contributed by atoms with Crippen LogP contribution in [0.1, 0.15) is 19.3 Å². The Bertz CT molecular complexity index is 137. The van der Waals surface area contributed by atoms with E-state index in [1.54, 1.807) is 0 Å². The van der Waals surface area contributed by atoms with Crippen molar-refractivity contribution in [2.24, 2.45) is 5.73 Å². The van der Waals surface area contributed by atoms with Crippen LogP contribution in [-0.2, 0) is 4.74 Å². The molecule has 1 saturated carbocycles. The number of aliphatic hydroxyl groups excluding tert-OH is 1. The summed E-state index contributed by atoms with van der Waals surface area (Å²) in [5.74, 6) is 0. The summed E-state index contributed by atoms with van der Waals surface area (Å²) in [6, 6.07) is 0. The lowest BCUT2D eigenvalue weighted by Crippen LogP contribution is -2.20. The second-order valence-electron chi connectivity index (χ2n) is 2.53. The minimum atomic E-state index is -0.751. The van der Waals surface area contributed by atoms with E-state index in [2.05, 4.69) is 4.74 Å². The molecule has 10 heavy (non-hydrogen) atoms. The Hall–Kier alpha value is -0.770. The molecule has 0 spiro atoms. The van der Waals surface area contributed by atoms with Crippen LogP contribution in [0.25, 0.3) is 0 Å². The van der Waals surface area contributed by atoms with Crippen LogP contribution in [-0.4, -0.2) is 23.4 Å². The third-order valence-corrected chi connectivity index (χ3v) is 1.64. The SMILES string of the molecule is NC(=O)O[C@H]1CC[C@@H](O)C1. The highest BCUT2D eigenvalue weighted by Gasteiger charge is 2.24. The molecule has 58 valence electrons. The van der Waals surface area contributed by atoms with Crippen LogP contribution in [0.15, 0.2) is 0 Å². The second-order valence-corrected chi connectivity index (χ2v) is 2.53. The molecule has 0 aromatic rings. The van der Waals surface area contributed by atoms with E-state index in [1.165, 1.54) is 0 Å². The van der Waals surface area contributed by atoms with Gasteiger partial charge in [0, 0.05) is 6.42 Å². The number of hydrogen-bond acceptors (Lipinski definition) is 3. The maximum absolute atomic E-state index is 10.2. The number of amides is 1. The molecule has 0 saturated heterocycles. The zero-order valence-corrected chi connectivity index (χ0v) is 5.62. The van der Waals surface area contributed by atoms with Gasteiger partial charge in [-0.2, -0.15) is 0 Å². The minimum absolute atomic E-state index is 0.160. The number of aliphatic hydroxyl groups is 1. The first-order valence-electron chi connectivity index (χ1n) is 3.32. The van der Waals surface area contributed by atoms with Crippen LogP contribution < -0.4 is 5.73 Å². The van der Waals surface area contributed by atoms with Gasteiger partial charge in [-0.15, -0.1) is 0 Å². The Morgan fingerprint density at radius 1 is 1.60 bits per heavy atom. The lowest BCUT2D eigenvalue weighted by atomic mass is 10.3. The fourth-order valence-corrected chi connectivity index (χ4v) is 1.19. The van der Waals surface area contributed by atoms with E-state index in [0.29, 0.717) is 12.8 Å². The van der Waals surface area contributed by atoms with Gasteiger partial charge < -0.3 is 15.6 Å². The average Bonchev–Trinajstić information content (AvgIpc) is 2.13. The molecule has 3 N–H and O–H groups in total. The van der Waals surface area contributed by atoms with Gasteiger partial charge >= 0.3 is 6.09 Å². The van der Waals surface area contributed by atoms with Crippen molar-refractivity contribution in [1.29, 1.82) is 0 Å². The van der Waals surface area contributed by atoms with Crippen molar-refractivity contribution in [3.63, 3.8) is 0 Å². The maximum Gasteiger partial charge on any atom is 0.404 e. The topological polar surface area (TPSA) is 72.6 Å². The van der Waals surface area contributed by atoms with Crippen LogP contribution in [0.4, 0.5) is 4.79 Å². The second kappa shape index (κ2) is 2.88. The first kappa shape index (κ1) is 7.34. The molecule has 0 aliphatic heterocycles. The van der Waals surface area contributed by atoms with Gasteiger partial charge in [-0.25, -0.2) is 4.79 Å². The number of primary amides is 1. The third-order valence-electron chi connectivity index (χ3n) is 1.64. The summed E-state index contributed by atoms with van der Waals surface area (Å²) in [6.45, 7) is 0. The van der Waals surface area contributed by atoms with Gasteiger partial charge in [0.15, 0.2) is 0 Å². The van der Waals surface area contributed by atoms with E-state index < -0.39 is 6.09 Å². The average molecular weight is 145 g/mol. The summed E-state index contributed by atoms with van der Waals surface area (Å²) in [7, 11) is 0. The van der Waals surface area contributed by atoms with Gasteiger partial charge in [-0.05, 0) is 12.8 Å². The molecule has 1 rings (SSSR count).